The summed E-state index contributed by atoms with van der Waals surface area (Å²) >= 11 is 0. The zero-order chi connectivity index (χ0) is 4.41. The fourth-order valence-electron chi connectivity index (χ4n) is 0.515. The second kappa shape index (κ2) is 3.38. The molecule has 0 fully saturated rings. The minimum Gasteiger partial charge on any atom is -0.270 e. The van der Waals surface area contributed by atoms with Crippen molar-refractivity contribution in [3.8, 4) is 0 Å². The van der Waals surface area contributed by atoms with Gasteiger partial charge in [-0.05, 0) is 0 Å². The molecule has 0 atom stereocenters. The van der Waals surface area contributed by atoms with E-state index < -0.39 is 0 Å². The van der Waals surface area contributed by atoms with E-state index in [0.29, 0.717) is 0 Å². The van der Waals surface area contributed by atoms with Gasteiger partial charge in [0.05, 0.1) is 0 Å². The maximum absolute atomic E-state index is 3.12. The molecule has 0 amide bonds. The number of allylic oxidation sites excluding steroid dienone is 4. The molecule has 0 radical (unpaired) electrons. The van der Waals surface area contributed by atoms with Gasteiger partial charge in [-0.15, -0.1) is 6.42 Å². The summed E-state index contributed by atoms with van der Waals surface area (Å²) in [5.41, 5.74) is 1.27. The van der Waals surface area contributed by atoms with Crippen LogP contribution >= 0.6 is 0 Å². The second-order valence-electron chi connectivity index (χ2n) is 1.47. The number of hydrogen-bond acceptors (Lipinski definition) is 0. The van der Waals surface area contributed by atoms with Gasteiger partial charge in [0.2, 0.25) is 0 Å². The summed E-state index contributed by atoms with van der Waals surface area (Å²) in [5, 5.41) is 0. The van der Waals surface area contributed by atoms with Crippen LogP contribution in [0.3, 0.4) is 0 Å². The van der Waals surface area contributed by atoms with E-state index in [1.165, 1.54) is 5.57 Å². The average molecular weight is 170 g/mol. The van der Waals surface area contributed by atoms with Crippen molar-refractivity contribution in [2.45, 2.75) is 13.3 Å². The molecule has 0 bridgehead atoms. The van der Waals surface area contributed by atoms with Crippen LogP contribution in [0.25, 0.3) is 0 Å². The van der Waals surface area contributed by atoms with E-state index in [0.717, 1.165) is 6.42 Å². The van der Waals surface area contributed by atoms with Crippen molar-refractivity contribution in [1.82, 2.24) is 0 Å². The first-order valence-electron chi connectivity index (χ1n) is 2.13. The van der Waals surface area contributed by atoms with Crippen molar-refractivity contribution >= 4 is 0 Å². The summed E-state index contributed by atoms with van der Waals surface area (Å²) in [7, 11) is 0. The molecule has 0 heterocycles. The van der Waals surface area contributed by atoms with Gasteiger partial charge in [-0.3, -0.25) is 6.08 Å². The second-order valence-corrected chi connectivity index (χ2v) is 1.47. The number of rotatable bonds is 0. The maximum Gasteiger partial charge on any atom is 2.00 e. The first kappa shape index (κ1) is 7.36. The molecule has 0 N–H and O–H groups in total. The Balaban J connectivity index is 0.000000360. The Labute approximate surface area is 63.4 Å². The molecule has 0 aromatic rings. The Morgan fingerprint density at radius 1 is 1.71 bits per heavy atom. The molecule has 0 aliphatic heterocycles. The van der Waals surface area contributed by atoms with Gasteiger partial charge in [0.1, 0.15) is 0 Å². The van der Waals surface area contributed by atoms with Gasteiger partial charge in [0.25, 0.3) is 0 Å². The third-order valence-electron chi connectivity index (χ3n) is 0.867. The Morgan fingerprint density at radius 2 is 2.43 bits per heavy atom. The maximum atomic E-state index is 3.12. The molecule has 1 aliphatic rings. The van der Waals surface area contributed by atoms with E-state index in [4.69, 9.17) is 0 Å². The standard InChI is InChI=1S/C6H7.Zr/c1-6-4-2-3-5-6;/h2,4H,3H2,1H3;/q-1;+2. The summed E-state index contributed by atoms with van der Waals surface area (Å²) in [6, 6.07) is 0. The van der Waals surface area contributed by atoms with Crippen LogP contribution in [-0.4, -0.2) is 0 Å². The SMILES string of the molecule is CC1=[C-]CC=C1.[Zr+2]. The number of hydrogen-bond donors (Lipinski definition) is 0. The van der Waals surface area contributed by atoms with Crippen LogP contribution in [0.2, 0.25) is 0 Å². The van der Waals surface area contributed by atoms with Gasteiger partial charge in [-0.2, -0.15) is 6.08 Å². The van der Waals surface area contributed by atoms with E-state index in [9.17, 15) is 0 Å². The molecule has 1 rings (SSSR count). The summed E-state index contributed by atoms with van der Waals surface area (Å²) < 4.78 is 0. The van der Waals surface area contributed by atoms with Crippen LogP contribution in [0.5, 0.6) is 0 Å². The fourth-order valence-corrected chi connectivity index (χ4v) is 0.515. The van der Waals surface area contributed by atoms with Gasteiger partial charge in [0, 0.05) is 0 Å². The van der Waals surface area contributed by atoms with Crippen LogP contribution in [-0.2, 0) is 26.2 Å². The van der Waals surface area contributed by atoms with Crippen LogP contribution in [0.1, 0.15) is 13.3 Å². The van der Waals surface area contributed by atoms with Crippen molar-refractivity contribution in [3.63, 3.8) is 0 Å². The normalized spacial score (nSPS) is 15.9. The first-order chi connectivity index (χ1) is 2.89. The molecule has 7 heavy (non-hydrogen) atoms. The summed E-state index contributed by atoms with van der Waals surface area (Å²) in [4.78, 5) is 0. The van der Waals surface area contributed by atoms with Gasteiger partial charge < -0.3 is 0 Å². The van der Waals surface area contributed by atoms with Crippen LogP contribution in [0.15, 0.2) is 17.7 Å². The van der Waals surface area contributed by atoms with E-state index >= 15 is 0 Å². The van der Waals surface area contributed by atoms with Crippen molar-refractivity contribution in [2.75, 3.05) is 0 Å². The Morgan fingerprint density at radius 3 is 2.57 bits per heavy atom. The molecule has 0 aromatic carbocycles. The molecule has 0 nitrogen and oxygen atoms in total. The minimum atomic E-state index is 0. The molecule has 34 valence electrons. The molecule has 0 spiro atoms. The van der Waals surface area contributed by atoms with Gasteiger partial charge in [-0.1, -0.05) is 6.92 Å². The molecule has 0 unspecified atom stereocenters. The molecule has 0 aromatic heterocycles. The first-order valence-corrected chi connectivity index (χ1v) is 2.13. The van der Waals surface area contributed by atoms with Gasteiger partial charge in [0.15, 0.2) is 0 Å². The van der Waals surface area contributed by atoms with Gasteiger partial charge >= 0.3 is 26.2 Å². The van der Waals surface area contributed by atoms with Crippen molar-refractivity contribution in [2.24, 2.45) is 0 Å². The molecule has 0 saturated carbocycles. The topological polar surface area (TPSA) is 0 Å². The molecule has 1 aliphatic carbocycles. The van der Waals surface area contributed by atoms with Crippen LogP contribution in [0.4, 0.5) is 0 Å². The molecular formula is C6H7Zr+. The van der Waals surface area contributed by atoms with Crippen molar-refractivity contribution < 1.29 is 26.2 Å². The monoisotopic (exact) mass is 169 g/mol. The van der Waals surface area contributed by atoms with E-state index in [2.05, 4.69) is 25.2 Å². The molecular weight excluding hydrogens is 163 g/mol. The van der Waals surface area contributed by atoms with Crippen molar-refractivity contribution in [1.29, 1.82) is 0 Å². The summed E-state index contributed by atoms with van der Waals surface area (Å²) in [6.45, 7) is 2.06. The smallest absolute Gasteiger partial charge is 0.270 e. The minimum absolute atomic E-state index is 0. The molecule has 0 saturated heterocycles. The predicted molar refractivity (Wildman–Crippen MR) is 26.2 cm³/mol. The fraction of sp³-hybridized carbons (Fsp3) is 0.333. The Bertz CT molecular complexity index is 98.0. The van der Waals surface area contributed by atoms with Crippen LogP contribution in [0, 0.1) is 6.08 Å². The third-order valence-corrected chi connectivity index (χ3v) is 0.867. The zero-order valence-electron chi connectivity index (χ0n) is 4.36. The quantitative estimate of drug-likeness (QED) is 0.485. The zero-order valence-corrected chi connectivity index (χ0v) is 6.82. The van der Waals surface area contributed by atoms with Crippen molar-refractivity contribution in [3.05, 3.63) is 23.8 Å². The summed E-state index contributed by atoms with van der Waals surface area (Å²) in [6.07, 6.45) is 8.33. The summed E-state index contributed by atoms with van der Waals surface area (Å²) in [5.74, 6) is 0. The Hall–Kier alpha value is 0.363. The molecule has 1 heteroatoms. The van der Waals surface area contributed by atoms with Gasteiger partial charge in [-0.25, -0.2) is 11.6 Å². The largest absolute Gasteiger partial charge is 2.00 e. The van der Waals surface area contributed by atoms with E-state index in [-0.39, 0.29) is 26.2 Å². The average Bonchev–Trinajstić information content (AvgIpc) is 1.86. The van der Waals surface area contributed by atoms with E-state index in [1.54, 1.807) is 0 Å². The van der Waals surface area contributed by atoms with Crippen LogP contribution < -0.4 is 0 Å². The predicted octanol–water partition coefficient (Wildman–Crippen LogP) is 1.69. The third kappa shape index (κ3) is 2.23. The van der Waals surface area contributed by atoms with E-state index in [1.807, 2.05) is 0 Å². The Kier molecular flexibility index (Phi) is 3.55.